The minimum atomic E-state index is -0.584. The van der Waals surface area contributed by atoms with Gasteiger partial charge in [-0.25, -0.2) is 4.79 Å². The molecule has 2 atom stereocenters. The van der Waals surface area contributed by atoms with Crippen LogP contribution in [0.1, 0.15) is 33.6 Å². The third kappa shape index (κ3) is 4.92. The molecule has 2 saturated heterocycles. The molecule has 3 aliphatic heterocycles. The molecule has 1 N–H and O–H groups in total. The van der Waals surface area contributed by atoms with Crippen molar-refractivity contribution in [2.75, 3.05) is 19.6 Å². The fourth-order valence-electron chi connectivity index (χ4n) is 3.26. The van der Waals surface area contributed by atoms with Gasteiger partial charge in [0.1, 0.15) is 5.60 Å². The number of carbonyl (C=O) groups excluding carboxylic acids is 3. The summed E-state index contributed by atoms with van der Waals surface area (Å²) in [5.41, 5.74) is -0.513. The first-order valence-corrected chi connectivity index (χ1v) is 8.71. The van der Waals surface area contributed by atoms with Crippen molar-refractivity contribution in [2.24, 2.45) is 0 Å². The topological polar surface area (TPSA) is 93.1 Å². The number of likely N-dealkylation sites (tertiary alicyclic amines) is 1. The predicted octanol–water partition coefficient (Wildman–Crippen LogP) is -1.38. The number of hydrogen-bond acceptors (Lipinski definition) is 4. The zero-order valence-electron chi connectivity index (χ0n) is 15.9. The van der Waals surface area contributed by atoms with Gasteiger partial charge in [0.25, 0.3) is 0 Å². The van der Waals surface area contributed by atoms with Crippen LogP contribution in [-0.2, 0) is 9.53 Å². The zero-order valence-corrected chi connectivity index (χ0v) is 17.9. The standard InChI is InChI=1S/C17H26N4O4.Na/c1-17(2,3)25-16(24)20-8-6-11(7-9-20)18-14(22)13-5-4-12-10-21(13)15(23)19-12;/h4-5,11-13H,6-10H2,1-3H3,(H2,18,19,22,23);/q;+1/p-1/t12-,13+;/m1./s1. The van der Waals surface area contributed by atoms with Crippen molar-refractivity contribution < 1.29 is 48.7 Å². The molecule has 2 bridgehead atoms. The maximum atomic E-state index is 12.5. The van der Waals surface area contributed by atoms with Crippen molar-refractivity contribution in [1.29, 1.82) is 0 Å². The Labute approximate surface area is 176 Å². The van der Waals surface area contributed by atoms with Crippen molar-refractivity contribution in [3.8, 4) is 0 Å². The Balaban J connectivity index is 0.00000243. The Morgan fingerprint density at radius 1 is 1.23 bits per heavy atom. The molecule has 9 heteroatoms. The van der Waals surface area contributed by atoms with Gasteiger partial charge < -0.3 is 25.2 Å². The van der Waals surface area contributed by atoms with Gasteiger partial charge in [-0.15, -0.1) is 0 Å². The fraction of sp³-hybridized carbons (Fsp3) is 0.706. The molecule has 8 nitrogen and oxygen atoms in total. The van der Waals surface area contributed by atoms with Gasteiger partial charge in [0.15, 0.2) is 6.03 Å². The molecule has 3 heterocycles. The van der Waals surface area contributed by atoms with Crippen LogP contribution >= 0.6 is 0 Å². The summed E-state index contributed by atoms with van der Waals surface area (Å²) in [7, 11) is 0. The van der Waals surface area contributed by atoms with E-state index in [-0.39, 0.29) is 59.7 Å². The van der Waals surface area contributed by atoms with E-state index in [2.05, 4.69) is 10.6 Å². The molecule has 138 valence electrons. The second kappa shape index (κ2) is 8.19. The molecule has 0 aromatic heterocycles. The molecule has 0 aliphatic carbocycles. The number of nitrogens with one attached hydrogen (secondary N) is 1. The van der Waals surface area contributed by atoms with Crippen molar-refractivity contribution in [3.63, 3.8) is 0 Å². The number of urea groups is 1. The van der Waals surface area contributed by atoms with Gasteiger partial charge in [0.2, 0.25) is 5.91 Å². The summed E-state index contributed by atoms with van der Waals surface area (Å²) >= 11 is 0. The van der Waals surface area contributed by atoms with Gasteiger partial charge in [-0.3, -0.25) is 9.59 Å². The van der Waals surface area contributed by atoms with Crippen LogP contribution in [0, 0.1) is 0 Å². The number of fused-ring (bicyclic) bond motifs is 2. The van der Waals surface area contributed by atoms with Gasteiger partial charge in [-0.1, -0.05) is 12.2 Å². The molecule has 2 fully saturated rings. The SMILES string of the molecule is CC(C)(C)OC(=O)N1CCC(NC(=O)[C@@H]2C=C[C@@H]3CN2C(=O)[N-]3)CC1.[Na+]. The third-order valence-electron chi connectivity index (χ3n) is 4.52. The van der Waals surface area contributed by atoms with Crippen LogP contribution in [-0.4, -0.2) is 71.2 Å². The van der Waals surface area contributed by atoms with Gasteiger partial charge in [-0.05, 0) is 46.2 Å². The van der Waals surface area contributed by atoms with Crippen LogP contribution in [0.4, 0.5) is 9.59 Å². The van der Waals surface area contributed by atoms with Crippen LogP contribution in [0.2, 0.25) is 0 Å². The summed E-state index contributed by atoms with van der Waals surface area (Å²) in [5.74, 6) is -0.184. The molecule has 0 saturated carbocycles. The van der Waals surface area contributed by atoms with Gasteiger partial charge in [0, 0.05) is 19.1 Å². The second-order valence-corrected chi connectivity index (χ2v) is 7.71. The summed E-state index contributed by atoms with van der Waals surface area (Å²) in [6.07, 6.45) is 4.58. The average molecular weight is 372 g/mol. The van der Waals surface area contributed by atoms with E-state index in [0.29, 0.717) is 32.5 Å². The summed E-state index contributed by atoms with van der Waals surface area (Å²) in [6.45, 7) is 7.08. The number of piperidine rings is 1. The maximum absolute atomic E-state index is 12.5. The number of hydrogen-bond donors (Lipinski definition) is 1. The molecule has 0 aromatic carbocycles. The largest absolute Gasteiger partial charge is 1.00 e. The van der Waals surface area contributed by atoms with E-state index in [1.54, 1.807) is 11.0 Å². The zero-order chi connectivity index (χ0) is 18.2. The van der Waals surface area contributed by atoms with E-state index in [4.69, 9.17) is 4.74 Å². The number of ether oxygens (including phenoxy) is 1. The Hall–Kier alpha value is -1.25. The van der Waals surface area contributed by atoms with Gasteiger partial charge >= 0.3 is 35.7 Å². The molecule has 4 amide bonds. The Kier molecular flexibility index (Phi) is 6.63. The van der Waals surface area contributed by atoms with E-state index in [1.807, 2.05) is 26.8 Å². The minimum absolute atomic E-state index is 0. The van der Waals surface area contributed by atoms with Crippen LogP contribution in [0.25, 0.3) is 5.32 Å². The van der Waals surface area contributed by atoms with E-state index in [1.165, 1.54) is 4.90 Å². The number of rotatable bonds is 2. The van der Waals surface area contributed by atoms with E-state index in [0.717, 1.165) is 0 Å². The minimum Gasteiger partial charge on any atom is -0.444 e. The molecule has 3 aliphatic rings. The molecule has 0 radical (unpaired) electrons. The number of amides is 4. The normalized spacial score (nSPS) is 25.4. The van der Waals surface area contributed by atoms with Gasteiger partial charge in [0.05, 0.1) is 6.04 Å². The smallest absolute Gasteiger partial charge is 0.444 e. The predicted molar refractivity (Wildman–Crippen MR) is 91.1 cm³/mol. The molecular weight excluding hydrogens is 347 g/mol. The van der Waals surface area contributed by atoms with E-state index in [9.17, 15) is 14.4 Å². The summed E-state index contributed by atoms with van der Waals surface area (Å²) in [6, 6.07) is -1.03. The summed E-state index contributed by atoms with van der Waals surface area (Å²) in [5, 5.41) is 6.95. The second-order valence-electron chi connectivity index (χ2n) is 7.71. The first-order chi connectivity index (χ1) is 11.7. The third-order valence-corrected chi connectivity index (χ3v) is 4.52. The van der Waals surface area contributed by atoms with Crippen molar-refractivity contribution in [3.05, 3.63) is 17.5 Å². The van der Waals surface area contributed by atoms with Crippen molar-refractivity contribution in [1.82, 2.24) is 15.1 Å². The van der Waals surface area contributed by atoms with Crippen LogP contribution < -0.4 is 34.9 Å². The Morgan fingerprint density at radius 3 is 2.50 bits per heavy atom. The maximum Gasteiger partial charge on any atom is 1.00 e. The van der Waals surface area contributed by atoms with Crippen molar-refractivity contribution in [2.45, 2.75) is 57.3 Å². The molecule has 3 rings (SSSR count). The molecule has 0 spiro atoms. The molecule has 0 aromatic rings. The van der Waals surface area contributed by atoms with Crippen LogP contribution in [0.15, 0.2) is 12.2 Å². The fourth-order valence-corrected chi connectivity index (χ4v) is 3.26. The summed E-state index contributed by atoms with van der Waals surface area (Å²) in [4.78, 5) is 39.5. The Bertz CT molecular complexity index is 596. The molecular formula is C17H25N4NaO4. The monoisotopic (exact) mass is 372 g/mol. The van der Waals surface area contributed by atoms with Crippen molar-refractivity contribution >= 4 is 18.0 Å². The quantitative estimate of drug-likeness (QED) is 0.478. The number of nitrogens with zero attached hydrogens (tertiary/aromatic N) is 3. The van der Waals surface area contributed by atoms with E-state index < -0.39 is 11.6 Å². The molecule has 0 unspecified atom stereocenters. The van der Waals surface area contributed by atoms with Gasteiger partial charge in [-0.2, -0.15) is 0 Å². The number of carbonyl (C=O) groups is 3. The molecule has 26 heavy (non-hydrogen) atoms. The first kappa shape index (κ1) is 21.1. The average Bonchev–Trinajstić information content (AvgIpc) is 2.81. The van der Waals surface area contributed by atoms with Crippen LogP contribution in [0.5, 0.6) is 0 Å². The summed E-state index contributed by atoms with van der Waals surface area (Å²) < 4.78 is 5.37. The first-order valence-electron chi connectivity index (χ1n) is 8.71. The Morgan fingerprint density at radius 2 is 1.88 bits per heavy atom. The van der Waals surface area contributed by atoms with Crippen LogP contribution in [0.3, 0.4) is 0 Å². The van der Waals surface area contributed by atoms with E-state index >= 15 is 0 Å².